The summed E-state index contributed by atoms with van der Waals surface area (Å²) in [6, 6.07) is 7.36. The molecule has 0 saturated heterocycles. The molecule has 0 unspecified atom stereocenters. The first-order valence-corrected chi connectivity index (χ1v) is 7.19. The van der Waals surface area contributed by atoms with Crippen molar-refractivity contribution >= 4 is 23.5 Å². The van der Waals surface area contributed by atoms with Crippen LogP contribution in [0.3, 0.4) is 0 Å². The molecule has 2 N–H and O–H groups in total. The highest BCUT2D eigenvalue weighted by Gasteiger charge is 2.42. The number of benzene rings is 1. The lowest BCUT2D eigenvalue weighted by Crippen LogP contribution is -2.52. The summed E-state index contributed by atoms with van der Waals surface area (Å²) in [6.07, 6.45) is 3.48. The van der Waals surface area contributed by atoms with Gasteiger partial charge in [0.25, 0.3) is 0 Å². The van der Waals surface area contributed by atoms with Crippen LogP contribution >= 0.6 is 11.6 Å². The Kier molecular flexibility index (Phi) is 4.65. The first-order chi connectivity index (χ1) is 9.53. The summed E-state index contributed by atoms with van der Waals surface area (Å²) < 4.78 is 0. The van der Waals surface area contributed by atoms with E-state index in [1.807, 2.05) is 18.2 Å². The van der Waals surface area contributed by atoms with Gasteiger partial charge in [-0.3, -0.25) is 4.79 Å². The van der Waals surface area contributed by atoms with Crippen molar-refractivity contribution in [2.45, 2.75) is 44.1 Å². The fraction of sp³-hybridized carbons (Fsp3) is 0.467. The monoisotopic (exact) mass is 295 g/mol. The maximum Gasteiger partial charge on any atom is 0.329 e. The highest BCUT2D eigenvalue weighted by atomic mass is 35.5. The van der Waals surface area contributed by atoms with E-state index in [4.69, 9.17) is 11.6 Å². The summed E-state index contributed by atoms with van der Waals surface area (Å²) in [5, 5.41) is 12.6. The average molecular weight is 296 g/mol. The Labute approximate surface area is 123 Å². The Hall–Kier alpha value is -1.55. The van der Waals surface area contributed by atoms with Gasteiger partial charge in [0.15, 0.2) is 0 Å². The zero-order chi connectivity index (χ0) is 14.6. The van der Waals surface area contributed by atoms with Crippen LogP contribution in [-0.2, 0) is 16.0 Å². The number of carbonyl (C=O) groups is 2. The number of halogens is 1. The van der Waals surface area contributed by atoms with Crippen molar-refractivity contribution in [1.82, 2.24) is 5.32 Å². The molecule has 1 aliphatic carbocycles. The van der Waals surface area contributed by atoms with Gasteiger partial charge in [-0.2, -0.15) is 0 Å². The number of aryl methyl sites for hydroxylation is 1. The van der Waals surface area contributed by atoms with Gasteiger partial charge in [0.05, 0.1) is 0 Å². The standard InChI is InChI=1S/C15H18ClNO3/c16-12-6-2-1-5-11(12)7-8-13(18)17-15(14(19)20)9-3-4-10-15/h1-2,5-6H,3-4,7-10H2,(H,17,18)(H,19,20). The van der Waals surface area contributed by atoms with Crippen LogP contribution in [-0.4, -0.2) is 22.5 Å². The van der Waals surface area contributed by atoms with Gasteiger partial charge in [0.2, 0.25) is 5.91 Å². The molecule has 0 spiro atoms. The van der Waals surface area contributed by atoms with Crippen molar-refractivity contribution in [2.24, 2.45) is 0 Å². The molecule has 0 atom stereocenters. The molecule has 108 valence electrons. The molecule has 2 rings (SSSR count). The molecular formula is C15H18ClNO3. The third-order valence-corrected chi connectivity index (χ3v) is 4.19. The number of carbonyl (C=O) groups excluding carboxylic acids is 1. The lowest BCUT2D eigenvalue weighted by atomic mass is 9.97. The van der Waals surface area contributed by atoms with Gasteiger partial charge in [0, 0.05) is 11.4 Å². The smallest absolute Gasteiger partial charge is 0.329 e. The summed E-state index contributed by atoms with van der Waals surface area (Å²) in [6.45, 7) is 0. The van der Waals surface area contributed by atoms with E-state index in [-0.39, 0.29) is 12.3 Å². The summed E-state index contributed by atoms with van der Waals surface area (Å²) in [5.41, 5.74) is -0.155. The molecule has 5 heteroatoms. The second kappa shape index (κ2) is 6.27. The molecule has 1 aliphatic rings. The van der Waals surface area contributed by atoms with E-state index >= 15 is 0 Å². The van der Waals surface area contributed by atoms with E-state index < -0.39 is 11.5 Å². The summed E-state index contributed by atoms with van der Waals surface area (Å²) in [5.74, 6) is -1.16. The maximum atomic E-state index is 12.0. The van der Waals surface area contributed by atoms with Crippen LogP contribution < -0.4 is 5.32 Å². The zero-order valence-corrected chi connectivity index (χ0v) is 11.9. The molecular weight excluding hydrogens is 278 g/mol. The van der Waals surface area contributed by atoms with Crippen LogP contribution in [0.5, 0.6) is 0 Å². The molecule has 0 aliphatic heterocycles. The van der Waals surface area contributed by atoms with Crippen LogP contribution in [0.4, 0.5) is 0 Å². The third-order valence-electron chi connectivity index (χ3n) is 3.82. The number of amides is 1. The molecule has 1 amide bonds. The fourth-order valence-electron chi connectivity index (χ4n) is 2.65. The van der Waals surface area contributed by atoms with Crippen molar-refractivity contribution in [3.05, 3.63) is 34.9 Å². The first kappa shape index (κ1) is 14.9. The van der Waals surface area contributed by atoms with Crippen molar-refractivity contribution in [1.29, 1.82) is 0 Å². The van der Waals surface area contributed by atoms with Crippen LogP contribution in [0, 0.1) is 0 Å². The van der Waals surface area contributed by atoms with Gasteiger partial charge in [0.1, 0.15) is 5.54 Å². The molecule has 1 aromatic rings. The number of carboxylic acids is 1. The Morgan fingerprint density at radius 3 is 2.50 bits per heavy atom. The highest BCUT2D eigenvalue weighted by Crippen LogP contribution is 2.30. The fourth-order valence-corrected chi connectivity index (χ4v) is 2.88. The van der Waals surface area contributed by atoms with Crippen molar-refractivity contribution in [3.63, 3.8) is 0 Å². The molecule has 0 heterocycles. The second-order valence-corrected chi connectivity index (χ2v) is 5.64. The van der Waals surface area contributed by atoms with Crippen LogP contribution in [0.25, 0.3) is 0 Å². The summed E-state index contributed by atoms with van der Waals surface area (Å²) >= 11 is 6.03. The lowest BCUT2D eigenvalue weighted by Gasteiger charge is -2.25. The second-order valence-electron chi connectivity index (χ2n) is 5.23. The number of hydrogen-bond donors (Lipinski definition) is 2. The minimum absolute atomic E-state index is 0.228. The van der Waals surface area contributed by atoms with Crippen LogP contribution in [0.2, 0.25) is 5.02 Å². The zero-order valence-electron chi connectivity index (χ0n) is 11.2. The largest absolute Gasteiger partial charge is 0.480 e. The van der Waals surface area contributed by atoms with E-state index in [9.17, 15) is 14.7 Å². The van der Waals surface area contributed by atoms with Gasteiger partial charge in [-0.25, -0.2) is 4.79 Å². The number of carboxylic acid groups (broad SMARTS) is 1. The quantitative estimate of drug-likeness (QED) is 0.878. The molecule has 20 heavy (non-hydrogen) atoms. The summed E-state index contributed by atoms with van der Waals surface area (Å²) in [7, 11) is 0. The number of hydrogen-bond acceptors (Lipinski definition) is 2. The molecule has 0 aromatic heterocycles. The lowest BCUT2D eigenvalue weighted by molar-refractivity contribution is -0.147. The predicted octanol–water partition coefficient (Wildman–Crippen LogP) is 2.79. The summed E-state index contributed by atoms with van der Waals surface area (Å²) in [4.78, 5) is 23.3. The minimum atomic E-state index is -1.06. The Balaban J connectivity index is 1.92. The van der Waals surface area contributed by atoms with Crippen molar-refractivity contribution in [3.8, 4) is 0 Å². The topological polar surface area (TPSA) is 66.4 Å². The predicted molar refractivity (Wildman–Crippen MR) is 76.8 cm³/mol. The molecule has 1 aromatic carbocycles. The van der Waals surface area contributed by atoms with E-state index in [1.54, 1.807) is 6.07 Å². The maximum absolute atomic E-state index is 12.0. The highest BCUT2D eigenvalue weighted by molar-refractivity contribution is 6.31. The molecule has 0 bridgehead atoms. The third kappa shape index (κ3) is 3.31. The van der Waals surface area contributed by atoms with Crippen molar-refractivity contribution in [2.75, 3.05) is 0 Å². The Morgan fingerprint density at radius 2 is 1.90 bits per heavy atom. The molecule has 1 fully saturated rings. The van der Waals surface area contributed by atoms with Crippen molar-refractivity contribution < 1.29 is 14.7 Å². The van der Waals surface area contributed by atoms with Gasteiger partial charge >= 0.3 is 5.97 Å². The molecule has 0 radical (unpaired) electrons. The number of nitrogens with one attached hydrogen (secondary N) is 1. The average Bonchev–Trinajstić information content (AvgIpc) is 2.88. The van der Waals surface area contributed by atoms with E-state index in [0.717, 1.165) is 18.4 Å². The SMILES string of the molecule is O=C(CCc1ccccc1Cl)NC1(C(=O)O)CCCC1. The van der Waals surface area contributed by atoms with Crippen LogP contribution in [0.15, 0.2) is 24.3 Å². The van der Waals surface area contributed by atoms with E-state index in [2.05, 4.69) is 5.32 Å². The Morgan fingerprint density at radius 1 is 1.25 bits per heavy atom. The number of rotatable bonds is 5. The number of aliphatic carboxylic acids is 1. The molecule has 4 nitrogen and oxygen atoms in total. The van der Waals surface area contributed by atoms with Gasteiger partial charge < -0.3 is 10.4 Å². The Bertz CT molecular complexity index is 510. The van der Waals surface area contributed by atoms with Gasteiger partial charge in [-0.05, 0) is 30.9 Å². The van der Waals surface area contributed by atoms with Gasteiger partial charge in [-0.1, -0.05) is 42.6 Å². The normalized spacial score (nSPS) is 16.9. The van der Waals surface area contributed by atoms with E-state index in [1.165, 1.54) is 0 Å². The van der Waals surface area contributed by atoms with E-state index in [0.29, 0.717) is 24.3 Å². The molecule has 1 saturated carbocycles. The van der Waals surface area contributed by atoms with Crippen LogP contribution in [0.1, 0.15) is 37.7 Å². The minimum Gasteiger partial charge on any atom is -0.480 e. The van der Waals surface area contributed by atoms with Gasteiger partial charge in [-0.15, -0.1) is 0 Å². The first-order valence-electron chi connectivity index (χ1n) is 6.81.